The SMILES string of the molecule is CCC(CN)CNCc1ccc(CC(C)C)cc1. The first kappa shape index (κ1) is 15.2. The van der Waals surface area contributed by atoms with E-state index in [1.807, 2.05) is 0 Å². The van der Waals surface area contributed by atoms with E-state index in [1.54, 1.807) is 0 Å². The number of hydrogen-bond acceptors (Lipinski definition) is 2. The minimum absolute atomic E-state index is 0.602. The average Bonchev–Trinajstić information content (AvgIpc) is 2.36. The third-order valence-corrected chi connectivity index (χ3v) is 3.34. The van der Waals surface area contributed by atoms with Crippen LogP contribution in [0.15, 0.2) is 24.3 Å². The second-order valence-electron chi connectivity index (χ2n) is 5.56. The zero-order valence-corrected chi connectivity index (χ0v) is 12.1. The molecule has 1 aromatic carbocycles. The second kappa shape index (κ2) is 8.28. The lowest BCUT2D eigenvalue weighted by molar-refractivity contribution is 0.471. The Labute approximate surface area is 112 Å². The van der Waals surface area contributed by atoms with E-state index in [9.17, 15) is 0 Å². The van der Waals surface area contributed by atoms with Crippen LogP contribution >= 0.6 is 0 Å². The summed E-state index contributed by atoms with van der Waals surface area (Å²) in [5.41, 5.74) is 8.48. The fraction of sp³-hybridized carbons (Fsp3) is 0.625. The predicted molar refractivity (Wildman–Crippen MR) is 79.5 cm³/mol. The van der Waals surface area contributed by atoms with E-state index < -0.39 is 0 Å². The van der Waals surface area contributed by atoms with Crippen LogP contribution in [0.4, 0.5) is 0 Å². The molecule has 0 bridgehead atoms. The molecule has 2 heteroatoms. The van der Waals surface area contributed by atoms with Gasteiger partial charge in [0.05, 0.1) is 0 Å². The molecule has 1 unspecified atom stereocenters. The molecule has 102 valence electrons. The Kier molecular flexibility index (Phi) is 6.99. The summed E-state index contributed by atoms with van der Waals surface area (Å²) < 4.78 is 0. The molecule has 0 saturated heterocycles. The van der Waals surface area contributed by atoms with Crippen LogP contribution in [0, 0.1) is 11.8 Å². The summed E-state index contributed by atoms with van der Waals surface area (Å²) >= 11 is 0. The van der Waals surface area contributed by atoms with Crippen LogP contribution in [0.1, 0.15) is 38.3 Å². The van der Waals surface area contributed by atoms with Crippen molar-refractivity contribution >= 4 is 0 Å². The lowest BCUT2D eigenvalue weighted by atomic mass is 10.0. The summed E-state index contributed by atoms with van der Waals surface area (Å²) in [5.74, 6) is 1.33. The van der Waals surface area contributed by atoms with Crippen molar-refractivity contribution in [3.8, 4) is 0 Å². The summed E-state index contributed by atoms with van der Waals surface area (Å²) in [6.07, 6.45) is 2.32. The van der Waals surface area contributed by atoms with Crippen molar-refractivity contribution in [3.63, 3.8) is 0 Å². The number of nitrogens with one attached hydrogen (secondary N) is 1. The van der Waals surface area contributed by atoms with E-state index >= 15 is 0 Å². The molecule has 2 nitrogen and oxygen atoms in total. The van der Waals surface area contributed by atoms with Gasteiger partial charge in [0, 0.05) is 6.54 Å². The molecule has 0 saturated carbocycles. The zero-order valence-electron chi connectivity index (χ0n) is 12.1. The molecule has 0 spiro atoms. The maximum absolute atomic E-state index is 5.69. The monoisotopic (exact) mass is 248 g/mol. The third kappa shape index (κ3) is 5.65. The van der Waals surface area contributed by atoms with Gasteiger partial charge in [0.15, 0.2) is 0 Å². The number of nitrogens with two attached hydrogens (primary N) is 1. The van der Waals surface area contributed by atoms with E-state index in [4.69, 9.17) is 5.73 Å². The minimum atomic E-state index is 0.602. The first-order chi connectivity index (χ1) is 8.65. The van der Waals surface area contributed by atoms with Crippen LogP contribution in [0.25, 0.3) is 0 Å². The maximum Gasteiger partial charge on any atom is 0.0205 e. The Bertz CT molecular complexity index is 312. The summed E-state index contributed by atoms with van der Waals surface area (Å²) in [6.45, 7) is 9.44. The molecule has 1 atom stereocenters. The molecular weight excluding hydrogens is 220 g/mol. The minimum Gasteiger partial charge on any atom is -0.330 e. The number of hydrogen-bond donors (Lipinski definition) is 2. The Morgan fingerprint density at radius 1 is 1.11 bits per heavy atom. The van der Waals surface area contributed by atoms with Crippen LogP contribution in [-0.2, 0) is 13.0 Å². The van der Waals surface area contributed by atoms with E-state index in [0.717, 1.165) is 32.0 Å². The normalized spacial score (nSPS) is 12.9. The Morgan fingerprint density at radius 2 is 1.72 bits per heavy atom. The number of rotatable bonds is 8. The van der Waals surface area contributed by atoms with Gasteiger partial charge in [-0.05, 0) is 42.5 Å². The van der Waals surface area contributed by atoms with Crippen molar-refractivity contribution in [3.05, 3.63) is 35.4 Å². The van der Waals surface area contributed by atoms with Gasteiger partial charge in [0.25, 0.3) is 0 Å². The first-order valence-electron chi connectivity index (χ1n) is 7.14. The molecule has 0 aromatic heterocycles. The van der Waals surface area contributed by atoms with Gasteiger partial charge in [0.2, 0.25) is 0 Å². The van der Waals surface area contributed by atoms with Gasteiger partial charge in [-0.3, -0.25) is 0 Å². The highest BCUT2D eigenvalue weighted by atomic mass is 14.9. The average molecular weight is 248 g/mol. The van der Waals surface area contributed by atoms with Crippen molar-refractivity contribution in [1.29, 1.82) is 0 Å². The molecule has 0 amide bonds. The van der Waals surface area contributed by atoms with Gasteiger partial charge in [-0.2, -0.15) is 0 Å². The standard InChI is InChI=1S/C16H28N2/c1-4-14(10-17)11-18-12-16-7-5-15(6-8-16)9-13(2)3/h5-8,13-14,18H,4,9-12,17H2,1-3H3. The maximum atomic E-state index is 5.69. The summed E-state index contributed by atoms with van der Waals surface area (Å²) in [4.78, 5) is 0. The quantitative estimate of drug-likeness (QED) is 0.742. The van der Waals surface area contributed by atoms with E-state index in [1.165, 1.54) is 17.5 Å². The molecule has 0 aliphatic heterocycles. The summed E-state index contributed by atoms with van der Waals surface area (Å²) in [6, 6.07) is 8.96. The smallest absolute Gasteiger partial charge is 0.0205 e. The van der Waals surface area contributed by atoms with Gasteiger partial charge in [-0.15, -0.1) is 0 Å². The van der Waals surface area contributed by atoms with Crippen LogP contribution in [0.3, 0.4) is 0 Å². The summed E-state index contributed by atoms with van der Waals surface area (Å²) in [7, 11) is 0. The molecule has 0 aliphatic rings. The van der Waals surface area contributed by atoms with Gasteiger partial charge in [-0.1, -0.05) is 51.5 Å². The molecule has 18 heavy (non-hydrogen) atoms. The van der Waals surface area contributed by atoms with E-state index in [2.05, 4.69) is 50.4 Å². The topological polar surface area (TPSA) is 38.0 Å². The third-order valence-electron chi connectivity index (χ3n) is 3.34. The van der Waals surface area contributed by atoms with Crippen LogP contribution < -0.4 is 11.1 Å². The lowest BCUT2D eigenvalue weighted by Crippen LogP contribution is -2.27. The van der Waals surface area contributed by atoms with Gasteiger partial charge >= 0.3 is 0 Å². The number of benzene rings is 1. The highest BCUT2D eigenvalue weighted by Gasteiger charge is 2.03. The zero-order chi connectivity index (χ0) is 13.4. The molecule has 0 fully saturated rings. The molecular formula is C16H28N2. The van der Waals surface area contributed by atoms with Crippen LogP contribution in [-0.4, -0.2) is 13.1 Å². The molecule has 1 rings (SSSR count). The Morgan fingerprint density at radius 3 is 2.22 bits per heavy atom. The van der Waals surface area contributed by atoms with Gasteiger partial charge in [-0.25, -0.2) is 0 Å². The van der Waals surface area contributed by atoms with Crippen LogP contribution in [0.2, 0.25) is 0 Å². The molecule has 3 N–H and O–H groups in total. The molecule has 1 aromatic rings. The molecule has 0 aliphatic carbocycles. The Hall–Kier alpha value is -0.860. The fourth-order valence-corrected chi connectivity index (χ4v) is 2.08. The predicted octanol–water partition coefficient (Wildman–Crippen LogP) is 2.96. The van der Waals surface area contributed by atoms with E-state index in [-0.39, 0.29) is 0 Å². The largest absolute Gasteiger partial charge is 0.330 e. The van der Waals surface area contributed by atoms with E-state index in [0.29, 0.717) is 5.92 Å². The first-order valence-corrected chi connectivity index (χ1v) is 7.14. The Balaban J connectivity index is 2.35. The molecule has 0 heterocycles. The fourth-order valence-electron chi connectivity index (χ4n) is 2.08. The second-order valence-corrected chi connectivity index (χ2v) is 5.56. The van der Waals surface area contributed by atoms with Crippen molar-refractivity contribution in [1.82, 2.24) is 5.32 Å². The van der Waals surface area contributed by atoms with Crippen molar-refractivity contribution in [2.24, 2.45) is 17.6 Å². The highest BCUT2D eigenvalue weighted by molar-refractivity contribution is 5.22. The van der Waals surface area contributed by atoms with Crippen LogP contribution in [0.5, 0.6) is 0 Å². The van der Waals surface area contributed by atoms with Crippen molar-refractivity contribution < 1.29 is 0 Å². The summed E-state index contributed by atoms with van der Waals surface area (Å²) in [5, 5.41) is 3.48. The lowest BCUT2D eigenvalue weighted by Gasteiger charge is -2.13. The highest BCUT2D eigenvalue weighted by Crippen LogP contribution is 2.09. The van der Waals surface area contributed by atoms with Gasteiger partial charge in [0.1, 0.15) is 0 Å². The van der Waals surface area contributed by atoms with Crippen molar-refractivity contribution in [2.75, 3.05) is 13.1 Å². The van der Waals surface area contributed by atoms with Crippen molar-refractivity contribution in [2.45, 2.75) is 40.2 Å². The van der Waals surface area contributed by atoms with Gasteiger partial charge < -0.3 is 11.1 Å². The molecule has 0 radical (unpaired) electrons.